The van der Waals surface area contributed by atoms with Crippen LogP contribution >= 0.6 is 11.3 Å². The van der Waals surface area contributed by atoms with E-state index in [-0.39, 0.29) is 0 Å². The molecule has 2 heterocycles. The van der Waals surface area contributed by atoms with E-state index < -0.39 is 0 Å². The molecule has 2 aromatic heterocycles. The molecular formula is C24H24N2O2S. The van der Waals surface area contributed by atoms with Gasteiger partial charge in [-0.3, -0.25) is 0 Å². The summed E-state index contributed by atoms with van der Waals surface area (Å²) in [6, 6.07) is 20.8. The van der Waals surface area contributed by atoms with E-state index in [0.717, 1.165) is 43.9 Å². The lowest BCUT2D eigenvalue weighted by Crippen LogP contribution is -2.00. The zero-order chi connectivity index (χ0) is 20.4. The van der Waals surface area contributed by atoms with Gasteiger partial charge < -0.3 is 14.0 Å². The Morgan fingerprint density at radius 1 is 0.828 bits per heavy atom. The van der Waals surface area contributed by atoms with Gasteiger partial charge in [0.1, 0.15) is 16.5 Å². The summed E-state index contributed by atoms with van der Waals surface area (Å²) >= 11 is 1.72. The van der Waals surface area contributed by atoms with Crippen LogP contribution in [0.5, 0.6) is 11.5 Å². The van der Waals surface area contributed by atoms with Crippen molar-refractivity contribution >= 4 is 11.3 Å². The summed E-state index contributed by atoms with van der Waals surface area (Å²) in [5.41, 5.74) is 4.32. The summed E-state index contributed by atoms with van der Waals surface area (Å²) in [5, 5.41) is 1.01. The van der Waals surface area contributed by atoms with Gasteiger partial charge in [-0.15, -0.1) is 11.3 Å². The fraction of sp³-hybridized carbons (Fsp3) is 0.208. The Balaban J connectivity index is 1.86. The van der Waals surface area contributed by atoms with E-state index in [4.69, 9.17) is 14.5 Å². The van der Waals surface area contributed by atoms with Crippen LogP contribution in [0.3, 0.4) is 0 Å². The monoisotopic (exact) mass is 404 g/mol. The molecule has 0 aliphatic rings. The molecule has 0 atom stereocenters. The summed E-state index contributed by atoms with van der Waals surface area (Å²) < 4.78 is 12.9. The molecule has 0 spiro atoms. The Labute approximate surface area is 175 Å². The minimum atomic E-state index is 0.373. The summed E-state index contributed by atoms with van der Waals surface area (Å²) in [6.45, 7) is 4.37. The van der Waals surface area contributed by atoms with Crippen molar-refractivity contribution in [1.29, 1.82) is 0 Å². The van der Waals surface area contributed by atoms with Gasteiger partial charge in [0.05, 0.1) is 30.5 Å². The first-order valence-corrected chi connectivity index (χ1v) is 10.4. The quantitative estimate of drug-likeness (QED) is 0.366. The van der Waals surface area contributed by atoms with Gasteiger partial charge in [0, 0.05) is 17.8 Å². The van der Waals surface area contributed by atoms with Gasteiger partial charge in [0.2, 0.25) is 0 Å². The molecule has 0 N–H and O–H groups in total. The van der Waals surface area contributed by atoms with Gasteiger partial charge in [-0.2, -0.15) is 0 Å². The molecule has 0 saturated heterocycles. The van der Waals surface area contributed by atoms with Crippen LogP contribution in [-0.2, 0) is 0 Å². The Hall–Kier alpha value is -3.05. The first kappa shape index (κ1) is 19.3. The lowest BCUT2D eigenvalue weighted by molar-refractivity contribution is 0.414. The van der Waals surface area contributed by atoms with Gasteiger partial charge in [-0.1, -0.05) is 0 Å². The summed E-state index contributed by atoms with van der Waals surface area (Å²) in [4.78, 5) is 6.21. The highest BCUT2D eigenvalue weighted by Gasteiger charge is 2.18. The Morgan fingerprint density at radius 2 is 1.41 bits per heavy atom. The van der Waals surface area contributed by atoms with Crippen molar-refractivity contribution < 1.29 is 9.47 Å². The molecule has 4 nitrogen and oxygen atoms in total. The lowest BCUT2D eigenvalue weighted by atomic mass is 10.1. The number of nitrogens with zero attached hydrogens (tertiary/aromatic N) is 2. The third-order valence-corrected chi connectivity index (χ3v) is 6.02. The minimum Gasteiger partial charge on any atom is -0.497 e. The number of ether oxygens (including phenoxy) is 2. The molecular weight excluding hydrogens is 380 g/mol. The maximum Gasteiger partial charge on any atom is 0.141 e. The predicted molar refractivity (Wildman–Crippen MR) is 120 cm³/mol. The van der Waals surface area contributed by atoms with Crippen LogP contribution in [-0.4, -0.2) is 23.8 Å². The van der Waals surface area contributed by atoms with Crippen LogP contribution in [0.25, 0.3) is 32.4 Å². The molecule has 5 heteroatoms. The predicted octanol–water partition coefficient (Wildman–Crippen LogP) is 6.54. The van der Waals surface area contributed by atoms with Gasteiger partial charge >= 0.3 is 0 Å². The molecule has 0 bridgehead atoms. The van der Waals surface area contributed by atoms with Crippen LogP contribution in [0.4, 0.5) is 0 Å². The summed E-state index contributed by atoms with van der Waals surface area (Å²) in [5.74, 6) is 1.68. The van der Waals surface area contributed by atoms with Crippen molar-refractivity contribution in [1.82, 2.24) is 9.55 Å². The fourth-order valence-corrected chi connectivity index (χ4v) is 4.46. The number of methoxy groups -OCH3 is 2. The zero-order valence-corrected chi connectivity index (χ0v) is 17.9. The highest BCUT2D eigenvalue weighted by molar-refractivity contribution is 7.18. The summed E-state index contributed by atoms with van der Waals surface area (Å²) in [6.07, 6.45) is 2.11. The maximum atomic E-state index is 5.32. The maximum absolute atomic E-state index is 5.32. The number of aromatic nitrogens is 2. The van der Waals surface area contributed by atoms with Crippen LogP contribution in [0.2, 0.25) is 0 Å². The van der Waals surface area contributed by atoms with Crippen LogP contribution in [0, 0.1) is 0 Å². The standard InChI is InChI=1S/C24H24N2O2S/c1-16(2)26-15-5-6-21(26)24-25-22(17-7-11-19(27-3)12-8-17)23(29-24)18-9-13-20(28-4)14-10-18/h5-16H,1-4H3. The molecule has 4 aromatic rings. The van der Waals surface area contributed by atoms with E-state index in [1.807, 2.05) is 24.3 Å². The third kappa shape index (κ3) is 3.78. The van der Waals surface area contributed by atoms with E-state index in [1.165, 1.54) is 0 Å². The van der Waals surface area contributed by atoms with E-state index in [2.05, 4.69) is 61.0 Å². The van der Waals surface area contributed by atoms with E-state index in [9.17, 15) is 0 Å². The SMILES string of the molecule is COc1ccc(-c2nc(-c3cccn3C(C)C)sc2-c2ccc(OC)cc2)cc1. The number of hydrogen-bond acceptors (Lipinski definition) is 4. The molecule has 29 heavy (non-hydrogen) atoms. The zero-order valence-electron chi connectivity index (χ0n) is 17.0. The first-order valence-electron chi connectivity index (χ1n) is 9.57. The van der Waals surface area contributed by atoms with E-state index in [0.29, 0.717) is 6.04 Å². The number of rotatable bonds is 6. The van der Waals surface area contributed by atoms with Gasteiger partial charge in [-0.05, 0) is 80.1 Å². The molecule has 2 aromatic carbocycles. The van der Waals surface area contributed by atoms with Crippen LogP contribution in [0.1, 0.15) is 19.9 Å². The van der Waals surface area contributed by atoms with Crippen molar-refractivity contribution in [3.63, 3.8) is 0 Å². The molecule has 0 radical (unpaired) electrons. The van der Waals surface area contributed by atoms with Crippen molar-refractivity contribution in [2.45, 2.75) is 19.9 Å². The van der Waals surface area contributed by atoms with Crippen LogP contribution < -0.4 is 9.47 Å². The van der Waals surface area contributed by atoms with Crippen molar-refractivity contribution in [3.8, 4) is 43.9 Å². The molecule has 0 fully saturated rings. The van der Waals surface area contributed by atoms with Gasteiger partial charge in [0.15, 0.2) is 0 Å². The molecule has 0 aliphatic heterocycles. The van der Waals surface area contributed by atoms with E-state index in [1.54, 1.807) is 25.6 Å². The van der Waals surface area contributed by atoms with Crippen molar-refractivity contribution in [3.05, 3.63) is 66.9 Å². The fourth-order valence-electron chi connectivity index (χ4n) is 3.34. The second kappa shape index (κ2) is 8.13. The van der Waals surface area contributed by atoms with Crippen LogP contribution in [0.15, 0.2) is 66.9 Å². The lowest BCUT2D eigenvalue weighted by Gasteiger charge is -2.10. The molecule has 148 valence electrons. The molecule has 0 aliphatic carbocycles. The smallest absolute Gasteiger partial charge is 0.141 e. The second-order valence-electron chi connectivity index (χ2n) is 7.05. The van der Waals surface area contributed by atoms with Gasteiger partial charge in [0.25, 0.3) is 0 Å². The normalized spacial score (nSPS) is 11.1. The highest BCUT2D eigenvalue weighted by atomic mass is 32.1. The number of benzene rings is 2. The average Bonchev–Trinajstić information content (AvgIpc) is 3.41. The van der Waals surface area contributed by atoms with Crippen molar-refractivity contribution in [2.75, 3.05) is 14.2 Å². The second-order valence-corrected chi connectivity index (χ2v) is 8.05. The third-order valence-electron chi connectivity index (χ3n) is 4.90. The minimum absolute atomic E-state index is 0.373. The Morgan fingerprint density at radius 3 is 1.97 bits per heavy atom. The Bertz CT molecular complexity index is 1030. The van der Waals surface area contributed by atoms with E-state index >= 15 is 0 Å². The summed E-state index contributed by atoms with van der Waals surface area (Å²) in [7, 11) is 3.36. The largest absolute Gasteiger partial charge is 0.497 e. The molecule has 4 rings (SSSR count). The van der Waals surface area contributed by atoms with Gasteiger partial charge in [-0.25, -0.2) is 4.98 Å². The number of hydrogen-bond donors (Lipinski definition) is 0. The first-order chi connectivity index (χ1) is 14.1. The average molecular weight is 405 g/mol. The molecule has 0 amide bonds. The molecule has 0 unspecified atom stereocenters. The topological polar surface area (TPSA) is 36.3 Å². The van der Waals surface area contributed by atoms with Crippen molar-refractivity contribution in [2.24, 2.45) is 0 Å². The highest BCUT2D eigenvalue weighted by Crippen LogP contribution is 2.41. The number of thiazole rings is 1. The molecule has 0 saturated carbocycles. The Kier molecular flexibility index (Phi) is 5.41.